The van der Waals surface area contributed by atoms with Gasteiger partial charge in [-0.25, -0.2) is 4.39 Å². The largest absolute Gasteiger partial charge is 0.393 e. The minimum absolute atomic E-state index is 0.191. The molecule has 2 N–H and O–H groups in total. The molecule has 5 heteroatoms. The molecule has 1 unspecified atom stereocenters. The van der Waals surface area contributed by atoms with Crippen LogP contribution in [0.3, 0.4) is 0 Å². The van der Waals surface area contributed by atoms with Gasteiger partial charge < -0.3 is 15.3 Å². The van der Waals surface area contributed by atoms with Gasteiger partial charge in [-0.1, -0.05) is 0 Å². The molecule has 1 rings (SSSR count). The maximum Gasteiger partial charge on any atom is 0.224 e. The summed E-state index contributed by atoms with van der Waals surface area (Å²) >= 11 is 0. The summed E-state index contributed by atoms with van der Waals surface area (Å²) in [6.45, 7) is 5.58. The van der Waals surface area contributed by atoms with Crippen molar-refractivity contribution in [2.75, 3.05) is 17.3 Å². The normalized spacial score (nSPS) is 12.3. The minimum Gasteiger partial charge on any atom is -0.393 e. The van der Waals surface area contributed by atoms with Crippen LogP contribution in [0.4, 0.5) is 15.8 Å². The maximum absolute atomic E-state index is 14.0. The van der Waals surface area contributed by atoms with Gasteiger partial charge in [0.1, 0.15) is 5.82 Å². The number of nitrogens with one attached hydrogen (secondary N) is 1. The number of hydrogen-bond donors (Lipinski definition) is 2. The van der Waals surface area contributed by atoms with E-state index in [9.17, 15) is 9.18 Å². The molecule has 20 heavy (non-hydrogen) atoms. The summed E-state index contributed by atoms with van der Waals surface area (Å²) in [7, 11) is 1.82. The van der Waals surface area contributed by atoms with E-state index in [-0.39, 0.29) is 24.2 Å². The van der Waals surface area contributed by atoms with Gasteiger partial charge in [-0.05, 0) is 45.4 Å². The van der Waals surface area contributed by atoms with Gasteiger partial charge >= 0.3 is 0 Å². The topological polar surface area (TPSA) is 52.6 Å². The number of hydrogen-bond acceptors (Lipinski definition) is 3. The van der Waals surface area contributed by atoms with Crippen LogP contribution in [0.25, 0.3) is 0 Å². The van der Waals surface area contributed by atoms with Crippen molar-refractivity contribution in [1.29, 1.82) is 0 Å². The van der Waals surface area contributed by atoms with Crippen LogP contribution in [0.5, 0.6) is 0 Å². The molecule has 112 valence electrons. The van der Waals surface area contributed by atoms with E-state index in [0.717, 1.165) is 0 Å². The number of nitrogens with zero attached hydrogens (tertiary/aromatic N) is 1. The third-order valence-electron chi connectivity index (χ3n) is 3.18. The monoisotopic (exact) mass is 282 g/mol. The molecule has 0 bridgehead atoms. The summed E-state index contributed by atoms with van der Waals surface area (Å²) in [5.41, 5.74) is 0.931. The second kappa shape index (κ2) is 7.24. The first-order valence-electron chi connectivity index (χ1n) is 6.81. The van der Waals surface area contributed by atoms with Crippen molar-refractivity contribution in [3.63, 3.8) is 0 Å². The van der Waals surface area contributed by atoms with Crippen LogP contribution in [0, 0.1) is 5.82 Å². The van der Waals surface area contributed by atoms with Gasteiger partial charge in [0.05, 0.1) is 11.8 Å². The van der Waals surface area contributed by atoms with Crippen LogP contribution < -0.4 is 10.2 Å². The highest BCUT2D eigenvalue weighted by molar-refractivity contribution is 5.90. The number of amides is 1. The Bertz CT molecular complexity index is 461. The molecule has 0 saturated heterocycles. The van der Waals surface area contributed by atoms with Gasteiger partial charge in [0, 0.05) is 25.2 Å². The Kier molecular flexibility index (Phi) is 5.95. The molecular formula is C15H23FN2O2. The molecule has 0 aliphatic rings. The van der Waals surface area contributed by atoms with Crippen molar-refractivity contribution in [3.05, 3.63) is 24.0 Å². The summed E-state index contributed by atoms with van der Waals surface area (Å²) in [6, 6.07) is 4.84. The van der Waals surface area contributed by atoms with Crippen molar-refractivity contribution < 1.29 is 14.3 Å². The first-order chi connectivity index (χ1) is 9.31. The molecule has 0 aromatic heterocycles. The fourth-order valence-electron chi connectivity index (χ4n) is 1.71. The van der Waals surface area contributed by atoms with E-state index < -0.39 is 6.10 Å². The highest BCUT2D eigenvalue weighted by atomic mass is 19.1. The zero-order valence-corrected chi connectivity index (χ0v) is 12.5. The lowest BCUT2D eigenvalue weighted by Gasteiger charge is -2.24. The number of rotatable bonds is 6. The first-order valence-corrected chi connectivity index (χ1v) is 6.81. The number of benzene rings is 1. The minimum atomic E-state index is -0.514. The van der Waals surface area contributed by atoms with E-state index in [2.05, 4.69) is 5.32 Å². The quantitative estimate of drug-likeness (QED) is 0.843. The number of aliphatic hydroxyl groups excluding tert-OH is 1. The van der Waals surface area contributed by atoms with Crippen LogP contribution in [-0.4, -0.2) is 30.2 Å². The third-order valence-corrected chi connectivity index (χ3v) is 3.18. The molecule has 0 aliphatic carbocycles. The molecule has 0 saturated carbocycles. The predicted octanol–water partition coefficient (Wildman–Crippen LogP) is 2.77. The van der Waals surface area contributed by atoms with Crippen LogP contribution in [0.15, 0.2) is 18.2 Å². The van der Waals surface area contributed by atoms with Gasteiger partial charge in [-0.2, -0.15) is 0 Å². The first kappa shape index (κ1) is 16.4. The Balaban J connectivity index is 2.70. The van der Waals surface area contributed by atoms with Crippen molar-refractivity contribution in [3.8, 4) is 0 Å². The highest BCUT2D eigenvalue weighted by Crippen LogP contribution is 2.23. The zero-order valence-electron chi connectivity index (χ0n) is 12.5. The molecule has 1 atom stereocenters. The maximum atomic E-state index is 14.0. The number of carbonyl (C=O) groups is 1. The zero-order chi connectivity index (χ0) is 15.3. The Morgan fingerprint density at radius 1 is 1.40 bits per heavy atom. The Morgan fingerprint density at radius 2 is 2.05 bits per heavy atom. The second-order valence-corrected chi connectivity index (χ2v) is 5.31. The smallest absolute Gasteiger partial charge is 0.224 e. The van der Waals surface area contributed by atoms with E-state index >= 15 is 0 Å². The van der Waals surface area contributed by atoms with Gasteiger partial charge in [-0.3, -0.25) is 4.79 Å². The van der Waals surface area contributed by atoms with Crippen molar-refractivity contribution in [1.82, 2.24) is 0 Å². The molecule has 4 nitrogen and oxygen atoms in total. The number of carbonyl (C=O) groups excluding carboxylic acids is 1. The molecule has 1 aromatic carbocycles. The SMILES string of the molecule is CC(O)CCC(=O)Nc1ccc(N(C)C(C)C)c(F)c1. The van der Waals surface area contributed by atoms with Crippen molar-refractivity contribution >= 4 is 17.3 Å². The third kappa shape index (κ3) is 4.81. The molecular weight excluding hydrogens is 259 g/mol. The molecule has 1 amide bonds. The number of halogens is 1. The lowest BCUT2D eigenvalue weighted by molar-refractivity contribution is -0.116. The standard InChI is InChI=1S/C15H23FN2O2/c1-10(2)18(4)14-7-6-12(9-13(14)16)17-15(20)8-5-11(3)19/h6-7,9-11,19H,5,8H2,1-4H3,(H,17,20). The summed E-state index contributed by atoms with van der Waals surface area (Å²) in [4.78, 5) is 13.4. The van der Waals surface area contributed by atoms with Gasteiger partial charge in [0.25, 0.3) is 0 Å². The number of aliphatic hydroxyl groups is 1. The molecule has 0 aliphatic heterocycles. The molecule has 0 heterocycles. The van der Waals surface area contributed by atoms with Crippen molar-refractivity contribution in [2.45, 2.75) is 45.8 Å². The van der Waals surface area contributed by atoms with E-state index in [1.807, 2.05) is 25.8 Å². The summed E-state index contributed by atoms with van der Waals surface area (Å²) in [6.07, 6.45) is 0.0923. The van der Waals surface area contributed by atoms with E-state index in [0.29, 0.717) is 17.8 Å². The van der Waals surface area contributed by atoms with Gasteiger partial charge in [0.2, 0.25) is 5.91 Å². The van der Waals surface area contributed by atoms with Crippen molar-refractivity contribution in [2.24, 2.45) is 0 Å². The Morgan fingerprint density at radius 3 is 2.55 bits per heavy atom. The fraction of sp³-hybridized carbons (Fsp3) is 0.533. The van der Waals surface area contributed by atoms with E-state index in [1.165, 1.54) is 6.07 Å². The van der Waals surface area contributed by atoms with E-state index in [4.69, 9.17) is 5.11 Å². The second-order valence-electron chi connectivity index (χ2n) is 5.31. The van der Waals surface area contributed by atoms with Crippen LogP contribution in [-0.2, 0) is 4.79 Å². The van der Waals surface area contributed by atoms with Crippen LogP contribution in [0.2, 0.25) is 0 Å². The van der Waals surface area contributed by atoms with Crippen LogP contribution >= 0.6 is 0 Å². The highest BCUT2D eigenvalue weighted by Gasteiger charge is 2.12. The predicted molar refractivity (Wildman–Crippen MR) is 79.5 cm³/mol. The summed E-state index contributed by atoms with van der Waals surface area (Å²) in [5, 5.41) is 11.7. The molecule has 1 aromatic rings. The van der Waals surface area contributed by atoms with E-state index in [1.54, 1.807) is 19.1 Å². The molecule has 0 spiro atoms. The van der Waals surface area contributed by atoms with Gasteiger partial charge in [-0.15, -0.1) is 0 Å². The van der Waals surface area contributed by atoms with Crippen LogP contribution in [0.1, 0.15) is 33.6 Å². The lowest BCUT2D eigenvalue weighted by Crippen LogP contribution is -2.26. The molecule has 0 radical (unpaired) electrons. The van der Waals surface area contributed by atoms with Gasteiger partial charge in [0.15, 0.2) is 0 Å². The number of anilines is 2. The molecule has 0 fully saturated rings. The Hall–Kier alpha value is -1.62. The fourth-order valence-corrected chi connectivity index (χ4v) is 1.71. The average Bonchev–Trinajstić information content (AvgIpc) is 2.35. The lowest BCUT2D eigenvalue weighted by atomic mass is 10.2. The average molecular weight is 282 g/mol. The Labute approximate surface area is 119 Å². The summed E-state index contributed by atoms with van der Waals surface area (Å²) < 4.78 is 14.0. The summed E-state index contributed by atoms with van der Waals surface area (Å²) in [5.74, 6) is -0.593.